The van der Waals surface area contributed by atoms with Crippen molar-refractivity contribution in [1.82, 2.24) is 4.90 Å². The Morgan fingerprint density at radius 1 is 1.33 bits per heavy atom. The third kappa shape index (κ3) is 2.71. The van der Waals surface area contributed by atoms with E-state index in [1.165, 1.54) is 16.7 Å². The van der Waals surface area contributed by atoms with Crippen LogP contribution < -0.4 is 14.4 Å². The minimum absolute atomic E-state index is 0.132. The van der Waals surface area contributed by atoms with Crippen molar-refractivity contribution in [3.63, 3.8) is 0 Å². The van der Waals surface area contributed by atoms with Gasteiger partial charge in [0.2, 0.25) is 6.79 Å². The van der Waals surface area contributed by atoms with Crippen LogP contribution in [0.15, 0.2) is 29.5 Å². The van der Waals surface area contributed by atoms with Crippen LogP contribution in [0.4, 0.5) is 0 Å². The van der Waals surface area contributed by atoms with E-state index in [2.05, 4.69) is 0 Å². The van der Waals surface area contributed by atoms with Crippen molar-refractivity contribution >= 4 is 11.7 Å². The smallest absolute Gasteiger partial charge is 0.290 e. The number of ether oxygens (including phenoxy) is 2. The fraction of sp³-hybridized carbons (Fsp3) is 0.412. The van der Waals surface area contributed by atoms with Crippen molar-refractivity contribution in [1.29, 1.82) is 0 Å². The molecule has 1 aromatic rings. The molecule has 2 aliphatic heterocycles. The summed E-state index contributed by atoms with van der Waals surface area (Å²) in [4.78, 5) is 27.2. The SMILES string of the molecule is CC(=O)C1=C(O)C(=O)N(CC[NH+](C)C)[C@@H]1c1ccc2c(c1)OCO2. The average molecular weight is 333 g/mol. The molecule has 24 heavy (non-hydrogen) atoms. The quantitative estimate of drug-likeness (QED) is 0.783. The summed E-state index contributed by atoms with van der Waals surface area (Å²) in [5.74, 6) is -0.0800. The fourth-order valence-electron chi connectivity index (χ4n) is 3.02. The zero-order valence-corrected chi connectivity index (χ0v) is 14.0. The van der Waals surface area contributed by atoms with Crippen LogP contribution in [-0.2, 0) is 9.59 Å². The number of ketones is 1. The van der Waals surface area contributed by atoms with Gasteiger partial charge in [-0.3, -0.25) is 9.59 Å². The molecule has 0 aliphatic carbocycles. The standard InChI is InChI=1S/C17H20N2O5/c1-10(20)14-15(11-4-5-12-13(8-11)24-9-23-12)19(7-6-18(2)3)17(22)16(14)21/h4-5,8,15,21H,6-7,9H2,1-3H3/p+1/t15-/m1/s1. The van der Waals surface area contributed by atoms with Gasteiger partial charge in [-0.05, 0) is 24.6 Å². The molecule has 1 atom stereocenters. The monoisotopic (exact) mass is 333 g/mol. The van der Waals surface area contributed by atoms with E-state index in [4.69, 9.17) is 9.47 Å². The molecule has 0 fully saturated rings. The number of carbonyl (C=O) groups excluding carboxylic acids is 2. The number of benzene rings is 1. The van der Waals surface area contributed by atoms with Crippen LogP contribution in [0, 0.1) is 0 Å². The van der Waals surface area contributed by atoms with Crippen molar-refractivity contribution < 1.29 is 29.1 Å². The second-order valence-corrected chi connectivity index (χ2v) is 6.29. The maximum atomic E-state index is 12.5. The van der Waals surface area contributed by atoms with E-state index in [1.54, 1.807) is 18.2 Å². The summed E-state index contributed by atoms with van der Waals surface area (Å²) < 4.78 is 10.7. The molecule has 0 saturated heterocycles. The van der Waals surface area contributed by atoms with Crippen LogP contribution in [0.5, 0.6) is 11.5 Å². The second kappa shape index (κ2) is 6.16. The first-order valence-electron chi connectivity index (χ1n) is 7.83. The van der Waals surface area contributed by atoms with Gasteiger partial charge in [0.05, 0.1) is 38.8 Å². The van der Waals surface area contributed by atoms with Crippen molar-refractivity contribution in [3.8, 4) is 11.5 Å². The molecule has 1 amide bonds. The lowest BCUT2D eigenvalue weighted by Crippen LogP contribution is -3.06. The first-order chi connectivity index (χ1) is 11.4. The second-order valence-electron chi connectivity index (χ2n) is 6.29. The Labute approximate surface area is 140 Å². The Hall–Kier alpha value is -2.54. The summed E-state index contributed by atoms with van der Waals surface area (Å²) in [6, 6.07) is 4.70. The lowest BCUT2D eigenvalue weighted by atomic mass is 9.96. The highest BCUT2D eigenvalue weighted by Crippen LogP contribution is 2.41. The zero-order chi connectivity index (χ0) is 17.4. The number of carbonyl (C=O) groups is 2. The molecule has 128 valence electrons. The number of aliphatic hydroxyl groups is 1. The van der Waals surface area contributed by atoms with Crippen molar-refractivity contribution in [2.24, 2.45) is 0 Å². The van der Waals surface area contributed by atoms with Crippen LogP contribution in [0.3, 0.4) is 0 Å². The van der Waals surface area contributed by atoms with Gasteiger partial charge in [-0.15, -0.1) is 0 Å². The van der Waals surface area contributed by atoms with Gasteiger partial charge < -0.3 is 24.4 Å². The van der Waals surface area contributed by atoms with Crippen molar-refractivity contribution in [2.45, 2.75) is 13.0 Å². The third-order valence-corrected chi connectivity index (χ3v) is 4.25. The molecule has 0 saturated carbocycles. The maximum Gasteiger partial charge on any atom is 0.290 e. The number of aliphatic hydroxyl groups excluding tert-OH is 1. The molecule has 0 bridgehead atoms. The van der Waals surface area contributed by atoms with E-state index in [-0.39, 0.29) is 18.1 Å². The number of fused-ring (bicyclic) bond motifs is 1. The number of hydrogen-bond donors (Lipinski definition) is 2. The van der Waals surface area contributed by atoms with Gasteiger partial charge in [0.25, 0.3) is 5.91 Å². The molecule has 0 aromatic heterocycles. The van der Waals surface area contributed by atoms with E-state index in [9.17, 15) is 14.7 Å². The minimum atomic E-state index is -0.608. The number of rotatable bonds is 5. The number of nitrogens with one attached hydrogen (secondary N) is 1. The van der Waals surface area contributed by atoms with Crippen LogP contribution in [0.25, 0.3) is 0 Å². The first kappa shape index (κ1) is 16.3. The number of likely N-dealkylation sites (N-methyl/N-ethyl adjacent to an activating group) is 1. The fourth-order valence-corrected chi connectivity index (χ4v) is 3.02. The molecule has 2 heterocycles. The Bertz CT molecular complexity index is 726. The Kier molecular flexibility index (Phi) is 4.19. The molecular weight excluding hydrogens is 312 g/mol. The van der Waals surface area contributed by atoms with Gasteiger partial charge in [0.15, 0.2) is 23.0 Å². The third-order valence-electron chi connectivity index (χ3n) is 4.25. The van der Waals surface area contributed by atoms with Gasteiger partial charge in [0, 0.05) is 0 Å². The predicted molar refractivity (Wildman–Crippen MR) is 85.0 cm³/mol. The van der Waals surface area contributed by atoms with Crippen molar-refractivity contribution in [2.75, 3.05) is 34.0 Å². The highest BCUT2D eigenvalue weighted by Gasteiger charge is 2.42. The van der Waals surface area contributed by atoms with E-state index in [1.807, 2.05) is 14.1 Å². The normalized spacial score (nSPS) is 19.6. The zero-order valence-electron chi connectivity index (χ0n) is 14.0. The van der Waals surface area contributed by atoms with Gasteiger partial charge in [-0.25, -0.2) is 0 Å². The van der Waals surface area contributed by atoms with Crippen LogP contribution in [0.1, 0.15) is 18.5 Å². The average Bonchev–Trinajstić information content (AvgIpc) is 3.08. The molecular formula is C17H21N2O5+. The Morgan fingerprint density at radius 3 is 2.71 bits per heavy atom. The van der Waals surface area contributed by atoms with E-state index in [0.29, 0.717) is 24.6 Å². The largest absolute Gasteiger partial charge is 0.503 e. The van der Waals surface area contributed by atoms with E-state index >= 15 is 0 Å². The number of hydrogen-bond acceptors (Lipinski definition) is 5. The Balaban J connectivity index is 2.01. The number of nitrogens with zero attached hydrogens (tertiary/aromatic N) is 1. The van der Waals surface area contributed by atoms with Crippen LogP contribution in [0.2, 0.25) is 0 Å². The van der Waals surface area contributed by atoms with Gasteiger partial charge in [-0.1, -0.05) is 6.07 Å². The van der Waals surface area contributed by atoms with Crippen LogP contribution >= 0.6 is 0 Å². The van der Waals surface area contributed by atoms with Gasteiger partial charge in [-0.2, -0.15) is 0 Å². The molecule has 2 aliphatic rings. The summed E-state index contributed by atoms with van der Waals surface area (Å²) in [6.07, 6.45) is 0. The summed E-state index contributed by atoms with van der Waals surface area (Å²) >= 11 is 0. The number of Topliss-reactive ketones (excluding diaryl/α,β-unsaturated/α-hetero) is 1. The van der Waals surface area contributed by atoms with Gasteiger partial charge in [0.1, 0.15) is 0 Å². The van der Waals surface area contributed by atoms with Crippen molar-refractivity contribution in [3.05, 3.63) is 35.1 Å². The molecule has 0 unspecified atom stereocenters. The summed E-state index contributed by atoms with van der Waals surface area (Å²) in [5, 5.41) is 10.2. The van der Waals surface area contributed by atoms with Gasteiger partial charge >= 0.3 is 0 Å². The summed E-state index contributed by atoms with van der Waals surface area (Å²) in [6.45, 7) is 2.64. The predicted octanol–water partition coefficient (Wildman–Crippen LogP) is -0.156. The topological polar surface area (TPSA) is 80.5 Å². The maximum absolute atomic E-state index is 12.5. The van der Waals surface area contributed by atoms with E-state index in [0.717, 1.165) is 5.56 Å². The molecule has 3 rings (SSSR count). The summed E-state index contributed by atoms with van der Waals surface area (Å²) in [5.41, 5.74) is 0.850. The molecule has 2 N–H and O–H groups in total. The van der Waals surface area contributed by atoms with Crippen LogP contribution in [-0.4, -0.2) is 55.7 Å². The Morgan fingerprint density at radius 2 is 2.04 bits per heavy atom. The number of quaternary nitrogens is 1. The molecule has 0 spiro atoms. The highest BCUT2D eigenvalue weighted by molar-refractivity contribution is 6.08. The molecule has 0 radical (unpaired) electrons. The molecule has 7 nitrogen and oxygen atoms in total. The lowest BCUT2D eigenvalue weighted by Gasteiger charge is -2.27. The minimum Gasteiger partial charge on any atom is -0.503 e. The highest BCUT2D eigenvalue weighted by atomic mass is 16.7. The van der Waals surface area contributed by atoms with E-state index < -0.39 is 17.7 Å². The summed E-state index contributed by atoms with van der Waals surface area (Å²) in [7, 11) is 3.96. The molecule has 1 aromatic carbocycles. The molecule has 7 heteroatoms. The lowest BCUT2D eigenvalue weighted by molar-refractivity contribution is -0.857. The number of amides is 1. The first-order valence-corrected chi connectivity index (χ1v) is 7.83.